The zero-order valence-corrected chi connectivity index (χ0v) is 33.4. The summed E-state index contributed by atoms with van der Waals surface area (Å²) >= 11 is 0. The molecule has 0 N–H and O–H groups in total. The van der Waals surface area contributed by atoms with Crippen molar-refractivity contribution in [2.24, 2.45) is 17.8 Å². The third-order valence-electron chi connectivity index (χ3n) is 14.7. The summed E-state index contributed by atoms with van der Waals surface area (Å²) in [5.74, 6) is 2.76. The van der Waals surface area contributed by atoms with Gasteiger partial charge in [-0.05, 0) is 134 Å². The molecular weight excluding hydrogens is 711 g/mol. The number of hydrogen-bond acceptors (Lipinski definition) is 1. The highest BCUT2D eigenvalue weighted by molar-refractivity contribution is 6.01. The third kappa shape index (κ3) is 5.44. The van der Waals surface area contributed by atoms with Crippen LogP contribution in [0.2, 0.25) is 0 Å². The fraction of sp³-hybridized carbons (Fsp3) is 0.172. The van der Waals surface area contributed by atoms with E-state index in [2.05, 4.69) is 199 Å². The molecule has 8 aromatic rings. The Labute approximate surface area is 347 Å². The molecule has 12 rings (SSSR count). The Bertz CT molecular complexity index is 3020. The van der Waals surface area contributed by atoms with Gasteiger partial charge in [-0.15, -0.1) is 0 Å². The maximum Gasteiger partial charge on any atom is 0.0546 e. The average Bonchev–Trinajstić information content (AvgIpc) is 3.39. The fourth-order valence-corrected chi connectivity index (χ4v) is 12.2. The summed E-state index contributed by atoms with van der Waals surface area (Å²) < 4.78 is 0. The van der Waals surface area contributed by atoms with Crippen LogP contribution in [0.25, 0.3) is 55.8 Å². The first-order valence-corrected chi connectivity index (χ1v) is 21.8. The summed E-state index contributed by atoms with van der Waals surface area (Å²) in [6, 6.07) is 70.2. The second-order valence-electron chi connectivity index (χ2n) is 17.5. The smallest absolute Gasteiger partial charge is 0.0546 e. The van der Waals surface area contributed by atoms with Gasteiger partial charge in [-0.2, -0.15) is 0 Å². The lowest BCUT2D eigenvalue weighted by atomic mass is 9.43. The van der Waals surface area contributed by atoms with E-state index in [0.29, 0.717) is 5.41 Å². The highest BCUT2D eigenvalue weighted by Crippen LogP contribution is 2.72. The zero-order chi connectivity index (χ0) is 38.9. The van der Waals surface area contributed by atoms with Crippen molar-refractivity contribution in [1.29, 1.82) is 0 Å². The minimum absolute atomic E-state index is 0.344. The van der Waals surface area contributed by atoms with Crippen LogP contribution in [0.1, 0.15) is 49.7 Å². The molecule has 3 saturated carbocycles. The summed E-state index contributed by atoms with van der Waals surface area (Å²) in [5.41, 5.74) is 15.7. The SMILES string of the molecule is C1=c2cccc(C34CCC5CC(C3)C54)c2=C(c2ccccc2N(c2ccccc2-c2ccccc2)c2cc(-c3cccc4ccccc34)ccc2-c2ccccc2)CC1. The summed E-state index contributed by atoms with van der Waals surface area (Å²) in [4.78, 5) is 2.61. The third-order valence-corrected chi connectivity index (χ3v) is 14.7. The van der Waals surface area contributed by atoms with Gasteiger partial charge in [-0.1, -0.05) is 176 Å². The molecule has 0 saturated heterocycles. The van der Waals surface area contributed by atoms with Gasteiger partial charge in [0.05, 0.1) is 17.1 Å². The summed E-state index contributed by atoms with van der Waals surface area (Å²) in [6.07, 6.45) is 10.2. The van der Waals surface area contributed by atoms with Gasteiger partial charge in [0.2, 0.25) is 0 Å². The lowest BCUT2D eigenvalue weighted by molar-refractivity contribution is -0.0669. The normalized spacial score (nSPS) is 21.2. The predicted octanol–water partition coefficient (Wildman–Crippen LogP) is 13.8. The van der Waals surface area contributed by atoms with Gasteiger partial charge in [-0.3, -0.25) is 0 Å². The van der Waals surface area contributed by atoms with Crippen LogP contribution in [0.15, 0.2) is 188 Å². The van der Waals surface area contributed by atoms with Crippen molar-refractivity contribution < 1.29 is 0 Å². The van der Waals surface area contributed by atoms with Gasteiger partial charge in [-0.25, -0.2) is 0 Å². The number of rotatable bonds is 8. The highest BCUT2D eigenvalue weighted by atomic mass is 15.2. The Morgan fingerprint density at radius 1 is 0.492 bits per heavy atom. The van der Waals surface area contributed by atoms with Crippen molar-refractivity contribution in [3.63, 3.8) is 0 Å². The first-order valence-electron chi connectivity index (χ1n) is 21.8. The summed E-state index contributed by atoms with van der Waals surface area (Å²) in [7, 11) is 0. The van der Waals surface area contributed by atoms with E-state index in [9.17, 15) is 0 Å². The van der Waals surface area contributed by atoms with Crippen LogP contribution in [0, 0.1) is 17.8 Å². The molecule has 0 aromatic heterocycles. The van der Waals surface area contributed by atoms with Crippen molar-refractivity contribution in [3.05, 3.63) is 210 Å². The van der Waals surface area contributed by atoms with E-state index in [0.717, 1.165) is 30.6 Å². The molecule has 4 unspecified atom stereocenters. The Balaban J connectivity index is 1.16. The molecule has 0 amide bonds. The second kappa shape index (κ2) is 13.8. The Hall–Kier alpha value is -6.44. The van der Waals surface area contributed by atoms with Crippen molar-refractivity contribution in [2.45, 2.75) is 43.9 Å². The van der Waals surface area contributed by atoms with Crippen molar-refractivity contribution in [3.8, 4) is 33.4 Å². The molecule has 4 atom stereocenters. The average molecular weight is 758 g/mol. The Morgan fingerprint density at radius 2 is 1.14 bits per heavy atom. The van der Waals surface area contributed by atoms with Crippen LogP contribution in [-0.4, -0.2) is 0 Å². The van der Waals surface area contributed by atoms with Gasteiger partial charge >= 0.3 is 0 Å². The topological polar surface area (TPSA) is 3.24 Å². The minimum atomic E-state index is 0.344. The van der Waals surface area contributed by atoms with Crippen LogP contribution in [0.5, 0.6) is 0 Å². The molecule has 4 aliphatic carbocycles. The van der Waals surface area contributed by atoms with Gasteiger partial charge in [0, 0.05) is 16.7 Å². The number of anilines is 3. The standard InChI is InChI=1S/C58H47N/c1-3-16-40(17-4-1)48-25-9-11-30-53(48)59(55-37-43(32-33-49(55)41-18-5-2-6-19-41)47-27-13-21-39-20-7-8-24-46(39)47)54-31-12-10-26-50(54)51-28-14-22-42-23-15-29-52(56(42)51)58-35-34-44-36-45(38-58)57(44)58/h1-13,15-27,29-33,37,44-45,57H,14,28,34-36,38H2. The quantitative estimate of drug-likeness (QED) is 0.149. The van der Waals surface area contributed by atoms with Crippen molar-refractivity contribution in [2.75, 3.05) is 4.90 Å². The molecule has 1 heteroatoms. The number of fused-ring (bicyclic) bond motifs is 2. The minimum Gasteiger partial charge on any atom is -0.309 e. The Kier molecular flexibility index (Phi) is 8.12. The second-order valence-corrected chi connectivity index (χ2v) is 17.5. The molecule has 0 bridgehead atoms. The van der Waals surface area contributed by atoms with Crippen LogP contribution < -0.4 is 15.3 Å². The number of nitrogens with zero attached hydrogens (tertiary/aromatic N) is 1. The van der Waals surface area contributed by atoms with E-state index in [1.165, 1.54) is 108 Å². The molecule has 0 spiro atoms. The van der Waals surface area contributed by atoms with E-state index < -0.39 is 0 Å². The fourth-order valence-electron chi connectivity index (χ4n) is 12.2. The molecule has 8 aromatic carbocycles. The van der Waals surface area contributed by atoms with E-state index in [4.69, 9.17) is 0 Å². The van der Waals surface area contributed by atoms with Crippen LogP contribution in [0.3, 0.4) is 0 Å². The Morgan fingerprint density at radius 3 is 1.93 bits per heavy atom. The first-order chi connectivity index (χ1) is 29.2. The van der Waals surface area contributed by atoms with E-state index in [1.54, 1.807) is 5.56 Å². The molecule has 0 aliphatic heterocycles. The van der Waals surface area contributed by atoms with Crippen LogP contribution >= 0.6 is 0 Å². The van der Waals surface area contributed by atoms with Crippen LogP contribution in [-0.2, 0) is 5.41 Å². The maximum atomic E-state index is 2.61. The van der Waals surface area contributed by atoms with E-state index in [-0.39, 0.29) is 0 Å². The zero-order valence-electron chi connectivity index (χ0n) is 33.4. The lowest BCUT2D eigenvalue weighted by Crippen LogP contribution is -2.59. The monoisotopic (exact) mass is 757 g/mol. The largest absolute Gasteiger partial charge is 0.309 e. The highest BCUT2D eigenvalue weighted by Gasteiger charge is 2.67. The van der Waals surface area contributed by atoms with Crippen LogP contribution in [0.4, 0.5) is 17.1 Å². The van der Waals surface area contributed by atoms with Gasteiger partial charge in [0.15, 0.2) is 0 Å². The predicted molar refractivity (Wildman–Crippen MR) is 247 cm³/mol. The molecule has 4 aliphatic rings. The first kappa shape index (κ1) is 34.6. The summed E-state index contributed by atoms with van der Waals surface area (Å²) in [6.45, 7) is 0. The van der Waals surface area contributed by atoms with E-state index in [1.807, 2.05) is 0 Å². The van der Waals surface area contributed by atoms with Gasteiger partial charge < -0.3 is 4.90 Å². The maximum absolute atomic E-state index is 2.61. The molecule has 0 heterocycles. The van der Waals surface area contributed by atoms with Gasteiger partial charge in [0.1, 0.15) is 0 Å². The molecule has 284 valence electrons. The lowest BCUT2D eigenvalue weighted by Gasteiger charge is -2.61. The number of benzene rings is 8. The van der Waals surface area contributed by atoms with Gasteiger partial charge in [0.25, 0.3) is 0 Å². The molecule has 1 nitrogen and oxygen atoms in total. The van der Waals surface area contributed by atoms with Crippen molar-refractivity contribution >= 4 is 39.5 Å². The molecule has 0 radical (unpaired) electrons. The molecular formula is C58H47N. The number of para-hydroxylation sites is 2. The summed E-state index contributed by atoms with van der Waals surface area (Å²) in [5, 5.41) is 5.48. The number of hydrogen-bond donors (Lipinski definition) is 0. The van der Waals surface area contributed by atoms with E-state index >= 15 is 0 Å². The van der Waals surface area contributed by atoms with Crippen molar-refractivity contribution in [1.82, 2.24) is 0 Å². The molecule has 3 fully saturated rings. The molecule has 59 heavy (non-hydrogen) atoms.